The van der Waals surface area contributed by atoms with E-state index in [9.17, 15) is 9.59 Å². The number of carbonyl (C=O) groups excluding carboxylic acids is 2. The van der Waals surface area contributed by atoms with Crippen molar-refractivity contribution in [2.45, 2.75) is 73.3 Å². The van der Waals surface area contributed by atoms with Crippen molar-refractivity contribution in [3.63, 3.8) is 0 Å². The molecule has 5 aromatic carbocycles. The topological polar surface area (TPSA) is 73.9 Å². The van der Waals surface area contributed by atoms with Gasteiger partial charge >= 0.3 is 5.97 Å². The maximum absolute atomic E-state index is 12.2. The smallest absolute Gasteiger partial charge is 0.338 e. The standard InChI is InChI=1S/C27H26O5.C16H19N.C2H6/c1-27(2,3)32-26(29)21-6-4-18(5-7-21)14-23(16-28)20-10-8-19(9-11-20)22-12-13-24-25(15-22)31-17-30-24;1-11-9-12(2)16(13(3)10-11)14-5-7-15(17-4)8-6-14;1-2/h4-13,15-16,23H,14,17H2,1-3H3;5-10,17H,1-4H3;1-2H3. The minimum atomic E-state index is -0.537. The van der Waals surface area contributed by atoms with Crippen molar-refractivity contribution < 1.29 is 23.8 Å². The van der Waals surface area contributed by atoms with Crippen molar-refractivity contribution in [1.29, 1.82) is 0 Å². The van der Waals surface area contributed by atoms with Gasteiger partial charge in [0, 0.05) is 18.7 Å². The lowest BCUT2D eigenvalue weighted by molar-refractivity contribution is -0.109. The zero-order valence-corrected chi connectivity index (χ0v) is 31.4. The highest BCUT2D eigenvalue weighted by Crippen LogP contribution is 2.36. The molecule has 1 aliphatic rings. The van der Waals surface area contributed by atoms with E-state index in [0.29, 0.717) is 12.0 Å². The highest BCUT2D eigenvalue weighted by Gasteiger charge is 2.19. The lowest BCUT2D eigenvalue weighted by atomic mass is 9.91. The second-order valence-electron chi connectivity index (χ2n) is 13.4. The maximum Gasteiger partial charge on any atom is 0.338 e. The molecule has 1 aliphatic heterocycles. The minimum Gasteiger partial charge on any atom is -0.456 e. The van der Waals surface area contributed by atoms with E-state index in [0.717, 1.165) is 45.7 Å². The zero-order chi connectivity index (χ0) is 37.1. The molecule has 0 saturated heterocycles. The van der Waals surface area contributed by atoms with Gasteiger partial charge in [-0.15, -0.1) is 0 Å². The zero-order valence-electron chi connectivity index (χ0n) is 31.4. The average molecular weight is 686 g/mol. The van der Waals surface area contributed by atoms with Gasteiger partial charge in [0.25, 0.3) is 0 Å². The van der Waals surface area contributed by atoms with Crippen LogP contribution in [0.1, 0.15) is 78.7 Å². The van der Waals surface area contributed by atoms with E-state index >= 15 is 0 Å². The number of aldehydes is 1. The molecule has 1 heterocycles. The molecule has 0 amide bonds. The Balaban J connectivity index is 0.000000258. The van der Waals surface area contributed by atoms with Crippen LogP contribution in [0.15, 0.2) is 103 Å². The van der Waals surface area contributed by atoms with E-state index in [1.165, 1.54) is 27.8 Å². The predicted octanol–water partition coefficient (Wildman–Crippen LogP) is 10.9. The lowest BCUT2D eigenvalue weighted by Gasteiger charge is -2.19. The van der Waals surface area contributed by atoms with Crippen LogP contribution in [0.5, 0.6) is 11.5 Å². The normalized spacial score (nSPS) is 12.0. The SMILES string of the molecule is CC.CC(C)(C)OC(=O)c1ccc(CC(C=O)c2ccc(-c3ccc4c(c3)OCO4)cc2)cc1.CNc1ccc(-c2c(C)cc(C)cc2C)cc1. The van der Waals surface area contributed by atoms with Crippen molar-refractivity contribution in [3.8, 4) is 33.8 Å². The Morgan fingerprint density at radius 1 is 0.765 bits per heavy atom. The second kappa shape index (κ2) is 17.5. The van der Waals surface area contributed by atoms with Crippen molar-refractivity contribution in [1.82, 2.24) is 0 Å². The highest BCUT2D eigenvalue weighted by atomic mass is 16.7. The number of esters is 1. The number of fused-ring (bicyclic) bond motifs is 1. The van der Waals surface area contributed by atoms with E-state index in [-0.39, 0.29) is 18.7 Å². The Hall–Kier alpha value is -5.36. The number of hydrogen-bond acceptors (Lipinski definition) is 6. The molecule has 6 rings (SSSR count). The van der Waals surface area contributed by atoms with Crippen LogP contribution in [0, 0.1) is 20.8 Å². The first-order valence-electron chi connectivity index (χ1n) is 17.6. The van der Waals surface area contributed by atoms with E-state index in [4.69, 9.17) is 14.2 Å². The van der Waals surface area contributed by atoms with E-state index < -0.39 is 5.60 Å². The molecule has 0 aromatic heterocycles. The summed E-state index contributed by atoms with van der Waals surface area (Å²) in [4.78, 5) is 24.0. The van der Waals surface area contributed by atoms with Crippen molar-refractivity contribution in [2.24, 2.45) is 0 Å². The molecule has 6 nitrogen and oxygen atoms in total. The summed E-state index contributed by atoms with van der Waals surface area (Å²) in [7, 11) is 1.94. The summed E-state index contributed by atoms with van der Waals surface area (Å²) in [5, 5.41) is 3.14. The number of benzene rings is 5. The molecule has 1 N–H and O–H groups in total. The van der Waals surface area contributed by atoms with E-state index in [1.807, 2.05) is 96.3 Å². The Morgan fingerprint density at radius 3 is 1.90 bits per heavy atom. The van der Waals surface area contributed by atoms with Gasteiger partial charge in [0.2, 0.25) is 6.79 Å². The molecule has 0 bridgehead atoms. The Morgan fingerprint density at radius 2 is 1.33 bits per heavy atom. The fourth-order valence-corrected chi connectivity index (χ4v) is 6.05. The third-order valence-electron chi connectivity index (χ3n) is 8.39. The van der Waals surface area contributed by atoms with Crippen LogP contribution in [-0.2, 0) is 16.0 Å². The Kier molecular flexibility index (Phi) is 13.2. The maximum atomic E-state index is 12.2. The van der Waals surface area contributed by atoms with E-state index in [1.54, 1.807) is 12.1 Å². The van der Waals surface area contributed by atoms with Gasteiger partial charge in [0.05, 0.1) is 5.56 Å². The second-order valence-corrected chi connectivity index (χ2v) is 13.4. The predicted molar refractivity (Wildman–Crippen MR) is 209 cm³/mol. The lowest BCUT2D eigenvalue weighted by Crippen LogP contribution is -2.23. The van der Waals surface area contributed by atoms with E-state index in [2.05, 4.69) is 62.5 Å². The third kappa shape index (κ3) is 10.3. The van der Waals surface area contributed by atoms with Gasteiger partial charge in [-0.1, -0.05) is 86.1 Å². The number of hydrogen-bond donors (Lipinski definition) is 1. The van der Waals surface area contributed by atoms with Crippen LogP contribution >= 0.6 is 0 Å². The van der Waals surface area contributed by atoms with Crippen LogP contribution in [0.2, 0.25) is 0 Å². The summed E-state index contributed by atoms with van der Waals surface area (Å²) in [6.07, 6.45) is 1.53. The van der Waals surface area contributed by atoms with Gasteiger partial charge in [0.15, 0.2) is 11.5 Å². The molecule has 1 unspecified atom stereocenters. The quantitative estimate of drug-likeness (QED) is 0.129. The molecule has 1 atom stereocenters. The molecular weight excluding hydrogens is 634 g/mol. The number of carbonyl (C=O) groups is 2. The van der Waals surface area contributed by atoms with Crippen LogP contribution in [0.25, 0.3) is 22.3 Å². The van der Waals surface area contributed by atoms with Gasteiger partial charge < -0.3 is 24.3 Å². The molecule has 6 heteroatoms. The van der Waals surface area contributed by atoms with Crippen molar-refractivity contribution in [2.75, 3.05) is 19.2 Å². The largest absolute Gasteiger partial charge is 0.456 e. The summed E-state index contributed by atoms with van der Waals surface area (Å²) in [5.74, 6) is 0.875. The molecular formula is C45H51NO5. The molecule has 51 heavy (non-hydrogen) atoms. The summed E-state index contributed by atoms with van der Waals surface area (Å²) < 4.78 is 16.2. The van der Waals surface area contributed by atoms with Gasteiger partial charge in [-0.3, -0.25) is 0 Å². The molecule has 0 fully saturated rings. The molecule has 0 saturated carbocycles. The summed E-state index contributed by atoms with van der Waals surface area (Å²) in [6, 6.07) is 34.1. The molecule has 0 spiro atoms. The minimum absolute atomic E-state index is 0.248. The van der Waals surface area contributed by atoms with Crippen LogP contribution in [-0.4, -0.2) is 31.7 Å². The summed E-state index contributed by atoms with van der Waals surface area (Å²) >= 11 is 0. The number of aryl methyl sites for hydroxylation is 3. The van der Waals surface area contributed by atoms with Gasteiger partial charge in [0.1, 0.15) is 11.9 Å². The summed E-state index contributed by atoms with van der Waals surface area (Å²) in [6.45, 7) is 16.3. The monoisotopic (exact) mass is 685 g/mol. The first-order chi connectivity index (χ1) is 24.4. The number of rotatable bonds is 8. The van der Waals surface area contributed by atoms with Gasteiger partial charge in [-0.25, -0.2) is 4.79 Å². The van der Waals surface area contributed by atoms with Crippen molar-refractivity contribution >= 4 is 17.9 Å². The molecule has 0 radical (unpaired) electrons. The Bertz CT molecular complexity index is 1880. The molecule has 5 aromatic rings. The fraction of sp³-hybridized carbons (Fsp3) is 0.289. The van der Waals surface area contributed by atoms with Gasteiger partial charge in [-0.2, -0.15) is 0 Å². The molecule has 0 aliphatic carbocycles. The number of anilines is 1. The molecule has 266 valence electrons. The van der Waals surface area contributed by atoms with Crippen LogP contribution in [0.4, 0.5) is 5.69 Å². The van der Waals surface area contributed by atoms with Crippen molar-refractivity contribution in [3.05, 3.63) is 137 Å². The highest BCUT2D eigenvalue weighted by molar-refractivity contribution is 5.89. The van der Waals surface area contributed by atoms with Crippen LogP contribution in [0.3, 0.4) is 0 Å². The first-order valence-corrected chi connectivity index (χ1v) is 17.6. The van der Waals surface area contributed by atoms with Gasteiger partial charge in [-0.05, 0) is 129 Å². The third-order valence-corrected chi connectivity index (χ3v) is 8.39. The average Bonchev–Trinajstić information content (AvgIpc) is 3.60. The number of ether oxygens (including phenoxy) is 3. The number of nitrogens with one attached hydrogen (secondary N) is 1. The Labute approximate surface area is 303 Å². The van der Waals surface area contributed by atoms with Crippen LogP contribution < -0.4 is 14.8 Å². The summed E-state index contributed by atoms with van der Waals surface area (Å²) in [5.41, 5.74) is 11.8. The fourth-order valence-electron chi connectivity index (χ4n) is 6.05. The first kappa shape index (κ1) is 38.4.